The number of nitrogens with two attached hydrogens (primary N) is 1. The monoisotopic (exact) mass is 302 g/mol. The van der Waals surface area contributed by atoms with E-state index in [1.165, 1.54) is 5.69 Å². The first-order chi connectivity index (χ1) is 10.8. The fourth-order valence-corrected chi connectivity index (χ4v) is 2.27. The van der Waals surface area contributed by atoms with Crippen LogP contribution in [0.1, 0.15) is 18.9 Å². The Kier molecular flexibility index (Phi) is 6.77. The molecule has 1 aromatic carbocycles. The molecule has 0 aliphatic carbocycles. The van der Waals surface area contributed by atoms with Gasteiger partial charge in [-0.1, -0.05) is 24.3 Å². The van der Waals surface area contributed by atoms with Crippen molar-refractivity contribution in [1.29, 1.82) is 0 Å². The van der Waals surface area contributed by atoms with Crippen molar-refractivity contribution in [1.82, 2.24) is 5.32 Å². The molecule has 0 fully saturated rings. The standard InChI is InChI=1S/C17H26N4O/c1-2-22-13-5-10-19-17(18)20-14-15-6-8-16(9-7-15)21-11-3-4-12-21/h3-4,6-9H,2,5,10-14H2,1H3,(H3,18,19,20). The van der Waals surface area contributed by atoms with E-state index in [9.17, 15) is 0 Å². The van der Waals surface area contributed by atoms with Crippen LogP contribution in [0, 0.1) is 0 Å². The molecule has 0 bridgehead atoms. The van der Waals surface area contributed by atoms with Crippen LogP contribution in [-0.4, -0.2) is 38.8 Å². The molecule has 120 valence electrons. The summed E-state index contributed by atoms with van der Waals surface area (Å²) in [6, 6.07) is 8.51. The molecule has 22 heavy (non-hydrogen) atoms. The van der Waals surface area contributed by atoms with E-state index < -0.39 is 0 Å². The minimum atomic E-state index is 0.490. The predicted octanol–water partition coefficient (Wildman–Crippen LogP) is 1.89. The van der Waals surface area contributed by atoms with E-state index in [0.29, 0.717) is 12.5 Å². The van der Waals surface area contributed by atoms with Crippen LogP contribution in [0.4, 0.5) is 5.69 Å². The Morgan fingerprint density at radius 1 is 1.27 bits per heavy atom. The molecule has 0 spiro atoms. The molecule has 0 aromatic heterocycles. The molecule has 0 radical (unpaired) electrons. The normalized spacial score (nSPS) is 14.6. The van der Waals surface area contributed by atoms with Crippen molar-refractivity contribution in [2.45, 2.75) is 19.9 Å². The molecule has 1 aromatic rings. The zero-order chi connectivity index (χ0) is 15.6. The van der Waals surface area contributed by atoms with Gasteiger partial charge in [-0.2, -0.15) is 0 Å². The van der Waals surface area contributed by atoms with Crippen LogP contribution in [-0.2, 0) is 11.3 Å². The molecule has 0 saturated heterocycles. The minimum absolute atomic E-state index is 0.490. The summed E-state index contributed by atoms with van der Waals surface area (Å²) in [5.41, 5.74) is 8.26. The topological polar surface area (TPSA) is 62.9 Å². The van der Waals surface area contributed by atoms with E-state index in [2.05, 4.69) is 51.6 Å². The third-order valence-electron chi connectivity index (χ3n) is 3.53. The molecular formula is C17H26N4O. The van der Waals surface area contributed by atoms with Gasteiger partial charge < -0.3 is 20.7 Å². The lowest BCUT2D eigenvalue weighted by atomic mass is 10.2. The molecule has 1 heterocycles. The number of hydrogen-bond donors (Lipinski definition) is 2. The fourth-order valence-electron chi connectivity index (χ4n) is 2.27. The van der Waals surface area contributed by atoms with Gasteiger partial charge in [0, 0.05) is 38.5 Å². The first-order valence-electron chi connectivity index (χ1n) is 7.90. The van der Waals surface area contributed by atoms with Crippen LogP contribution in [0.2, 0.25) is 0 Å². The van der Waals surface area contributed by atoms with Crippen LogP contribution in [0.3, 0.4) is 0 Å². The first kappa shape index (κ1) is 16.4. The zero-order valence-corrected chi connectivity index (χ0v) is 13.3. The highest BCUT2D eigenvalue weighted by molar-refractivity contribution is 5.77. The number of nitrogens with zero attached hydrogens (tertiary/aromatic N) is 2. The Balaban J connectivity index is 1.72. The molecule has 0 atom stereocenters. The Morgan fingerprint density at radius 3 is 2.68 bits per heavy atom. The van der Waals surface area contributed by atoms with Crippen LogP contribution in [0.15, 0.2) is 41.4 Å². The van der Waals surface area contributed by atoms with E-state index in [0.717, 1.165) is 44.8 Å². The van der Waals surface area contributed by atoms with Crippen LogP contribution in [0.5, 0.6) is 0 Å². The number of anilines is 1. The summed E-state index contributed by atoms with van der Waals surface area (Å²) < 4.78 is 5.27. The van der Waals surface area contributed by atoms with Gasteiger partial charge in [0.2, 0.25) is 0 Å². The van der Waals surface area contributed by atoms with Gasteiger partial charge in [0.25, 0.3) is 0 Å². The van der Waals surface area contributed by atoms with Crippen molar-refractivity contribution in [2.75, 3.05) is 37.7 Å². The number of benzene rings is 1. The van der Waals surface area contributed by atoms with E-state index in [1.807, 2.05) is 6.92 Å². The van der Waals surface area contributed by atoms with Gasteiger partial charge in [0.1, 0.15) is 0 Å². The number of ether oxygens (including phenoxy) is 1. The van der Waals surface area contributed by atoms with Crippen molar-refractivity contribution in [3.8, 4) is 0 Å². The number of aliphatic imine (C=N–C) groups is 1. The fraction of sp³-hybridized carbons (Fsp3) is 0.471. The van der Waals surface area contributed by atoms with Gasteiger partial charge in [-0.05, 0) is 31.0 Å². The molecule has 5 nitrogen and oxygen atoms in total. The molecule has 3 N–H and O–H groups in total. The minimum Gasteiger partial charge on any atom is -0.382 e. The zero-order valence-electron chi connectivity index (χ0n) is 13.3. The van der Waals surface area contributed by atoms with Crippen molar-refractivity contribution >= 4 is 11.6 Å². The number of rotatable bonds is 8. The highest BCUT2D eigenvalue weighted by Gasteiger charge is 2.06. The van der Waals surface area contributed by atoms with Gasteiger partial charge in [-0.15, -0.1) is 0 Å². The molecule has 5 heteroatoms. The van der Waals surface area contributed by atoms with Gasteiger partial charge in [-0.25, -0.2) is 4.99 Å². The second-order valence-corrected chi connectivity index (χ2v) is 5.22. The third-order valence-corrected chi connectivity index (χ3v) is 3.53. The Hall–Kier alpha value is -2.01. The summed E-state index contributed by atoms with van der Waals surface area (Å²) in [4.78, 5) is 6.68. The van der Waals surface area contributed by atoms with Crippen molar-refractivity contribution in [3.05, 3.63) is 42.0 Å². The van der Waals surface area contributed by atoms with Crippen LogP contribution in [0.25, 0.3) is 0 Å². The van der Waals surface area contributed by atoms with E-state index in [4.69, 9.17) is 10.5 Å². The molecule has 2 rings (SSSR count). The average molecular weight is 302 g/mol. The quantitative estimate of drug-likeness (QED) is 0.333. The lowest BCUT2D eigenvalue weighted by Gasteiger charge is -2.17. The van der Waals surface area contributed by atoms with E-state index in [1.54, 1.807) is 0 Å². The van der Waals surface area contributed by atoms with E-state index in [-0.39, 0.29) is 0 Å². The van der Waals surface area contributed by atoms with Crippen molar-refractivity contribution < 1.29 is 4.74 Å². The highest BCUT2D eigenvalue weighted by atomic mass is 16.5. The van der Waals surface area contributed by atoms with Gasteiger partial charge in [0.15, 0.2) is 5.96 Å². The Morgan fingerprint density at radius 2 is 2.00 bits per heavy atom. The molecular weight excluding hydrogens is 276 g/mol. The van der Waals surface area contributed by atoms with Gasteiger partial charge in [-0.3, -0.25) is 0 Å². The van der Waals surface area contributed by atoms with Crippen molar-refractivity contribution in [2.24, 2.45) is 10.7 Å². The predicted molar refractivity (Wildman–Crippen MR) is 92.2 cm³/mol. The molecule has 0 amide bonds. The van der Waals surface area contributed by atoms with E-state index >= 15 is 0 Å². The summed E-state index contributed by atoms with van der Waals surface area (Å²) in [5, 5.41) is 3.10. The maximum atomic E-state index is 5.85. The smallest absolute Gasteiger partial charge is 0.188 e. The maximum Gasteiger partial charge on any atom is 0.188 e. The summed E-state index contributed by atoms with van der Waals surface area (Å²) in [6.45, 7) is 6.89. The lowest BCUT2D eigenvalue weighted by molar-refractivity contribution is 0.145. The van der Waals surface area contributed by atoms with Crippen molar-refractivity contribution in [3.63, 3.8) is 0 Å². The first-order valence-corrected chi connectivity index (χ1v) is 7.90. The second kappa shape index (κ2) is 9.10. The van der Waals surface area contributed by atoms with Gasteiger partial charge in [0.05, 0.1) is 6.54 Å². The number of hydrogen-bond acceptors (Lipinski definition) is 3. The Bertz CT molecular complexity index is 488. The second-order valence-electron chi connectivity index (χ2n) is 5.22. The average Bonchev–Trinajstić information content (AvgIpc) is 3.08. The lowest BCUT2D eigenvalue weighted by Crippen LogP contribution is -2.32. The summed E-state index contributed by atoms with van der Waals surface area (Å²) >= 11 is 0. The molecule has 0 unspecified atom stereocenters. The van der Waals surface area contributed by atoms with Crippen LogP contribution < -0.4 is 16.0 Å². The summed E-state index contributed by atoms with van der Waals surface area (Å²) in [6.07, 6.45) is 5.31. The summed E-state index contributed by atoms with van der Waals surface area (Å²) in [5.74, 6) is 0.490. The number of guanidine groups is 1. The largest absolute Gasteiger partial charge is 0.382 e. The number of nitrogens with one attached hydrogen (secondary N) is 1. The molecule has 0 saturated carbocycles. The summed E-state index contributed by atoms with van der Waals surface area (Å²) in [7, 11) is 0. The molecule has 1 aliphatic heterocycles. The van der Waals surface area contributed by atoms with Gasteiger partial charge >= 0.3 is 0 Å². The third kappa shape index (κ3) is 5.41. The maximum absolute atomic E-state index is 5.85. The van der Waals surface area contributed by atoms with Crippen LogP contribution >= 0.6 is 0 Å². The Labute approximate surface area is 132 Å². The highest BCUT2D eigenvalue weighted by Crippen LogP contribution is 2.17. The SMILES string of the molecule is CCOCCCNC(N)=NCc1ccc(N2CC=CC2)cc1. The molecule has 1 aliphatic rings.